The molecule has 2 rings (SSSR count). The van der Waals surface area contributed by atoms with Gasteiger partial charge < -0.3 is 0 Å². The molecule has 0 atom stereocenters. The van der Waals surface area contributed by atoms with E-state index in [1.165, 1.54) is 12.1 Å². The Morgan fingerprint density at radius 3 is 2.58 bits per heavy atom. The van der Waals surface area contributed by atoms with Crippen LogP contribution in [0.1, 0.15) is 21.5 Å². The fourth-order valence-electron chi connectivity index (χ4n) is 1.85. The molecule has 1 nitrogen and oxygen atoms in total. The number of carbonyl (C=O) groups excluding carboxylic acids is 1. The third kappa shape index (κ3) is 3.55. The van der Waals surface area contributed by atoms with Crippen LogP contribution in [0.25, 0.3) is 0 Å². The highest BCUT2D eigenvalue weighted by Crippen LogP contribution is 2.22. The number of halogens is 3. The van der Waals surface area contributed by atoms with Gasteiger partial charge in [-0.1, -0.05) is 23.2 Å². The Kier molecular flexibility index (Phi) is 4.23. The first kappa shape index (κ1) is 14.0. The summed E-state index contributed by atoms with van der Waals surface area (Å²) in [6, 6.07) is 9.21. The zero-order valence-corrected chi connectivity index (χ0v) is 11.7. The molecule has 19 heavy (non-hydrogen) atoms. The molecule has 0 N–H and O–H groups in total. The maximum atomic E-state index is 13.3. The van der Waals surface area contributed by atoms with E-state index in [-0.39, 0.29) is 12.2 Å². The number of Topliss-reactive ketones (excluding diaryl/α,β-unsaturated/α-hetero) is 1. The van der Waals surface area contributed by atoms with E-state index in [1.54, 1.807) is 31.2 Å². The van der Waals surface area contributed by atoms with Crippen molar-refractivity contribution in [3.63, 3.8) is 0 Å². The SMILES string of the molecule is Cc1cc(F)cc(C(=O)Cc2cc(Cl)ccc2Cl)c1. The van der Waals surface area contributed by atoms with Crippen LogP contribution in [-0.4, -0.2) is 5.78 Å². The van der Waals surface area contributed by atoms with Crippen LogP contribution < -0.4 is 0 Å². The molecule has 0 aliphatic rings. The van der Waals surface area contributed by atoms with Gasteiger partial charge in [-0.2, -0.15) is 0 Å². The van der Waals surface area contributed by atoms with E-state index in [0.29, 0.717) is 26.7 Å². The first-order valence-corrected chi connectivity index (χ1v) is 6.45. The highest BCUT2D eigenvalue weighted by Gasteiger charge is 2.11. The zero-order chi connectivity index (χ0) is 14.0. The molecule has 0 spiro atoms. The lowest BCUT2D eigenvalue weighted by Gasteiger charge is -2.06. The van der Waals surface area contributed by atoms with Crippen LogP contribution in [0.3, 0.4) is 0 Å². The highest BCUT2D eigenvalue weighted by atomic mass is 35.5. The summed E-state index contributed by atoms with van der Waals surface area (Å²) in [6.07, 6.45) is 0.0995. The Labute approximate surface area is 121 Å². The summed E-state index contributed by atoms with van der Waals surface area (Å²) >= 11 is 11.9. The van der Waals surface area contributed by atoms with Gasteiger partial charge in [-0.3, -0.25) is 4.79 Å². The zero-order valence-electron chi connectivity index (χ0n) is 10.2. The number of benzene rings is 2. The largest absolute Gasteiger partial charge is 0.294 e. The number of aryl methyl sites for hydroxylation is 1. The number of rotatable bonds is 3. The maximum Gasteiger partial charge on any atom is 0.167 e. The van der Waals surface area contributed by atoms with E-state index in [0.717, 1.165) is 0 Å². The third-order valence-electron chi connectivity index (χ3n) is 2.72. The van der Waals surface area contributed by atoms with Crippen molar-refractivity contribution in [1.29, 1.82) is 0 Å². The number of ketones is 1. The molecule has 0 aliphatic carbocycles. The molecule has 2 aromatic rings. The summed E-state index contributed by atoms with van der Waals surface area (Å²) in [5, 5.41) is 0.994. The first-order chi connectivity index (χ1) is 8.95. The Morgan fingerprint density at radius 1 is 1.16 bits per heavy atom. The van der Waals surface area contributed by atoms with E-state index in [9.17, 15) is 9.18 Å². The van der Waals surface area contributed by atoms with Gasteiger partial charge in [0, 0.05) is 22.0 Å². The van der Waals surface area contributed by atoms with Crippen molar-refractivity contribution in [3.05, 3.63) is 69.0 Å². The molecule has 0 amide bonds. The summed E-state index contributed by atoms with van der Waals surface area (Å²) in [7, 11) is 0. The van der Waals surface area contributed by atoms with Crippen molar-refractivity contribution >= 4 is 29.0 Å². The number of carbonyl (C=O) groups is 1. The normalized spacial score (nSPS) is 10.5. The molecule has 0 aliphatic heterocycles. The average Bonchev–Trinajstić information content (AvgIpc) is 2.32. The molecule has 0 heterocycles. The van der Waals surface area contributed by atoms with Crippen molar-refractivity contribution in [2.24, 2.45) is 0 Å². The summed E-state index contributed by atoms with van der Waals surface area (Å²) < 4.78 is 13.3. The second kappa shape index (κ2) is 5.72. The van der Waals surface area contributed by atoms with E-state index in [4.69, 9.17) is 23.2 Å². The topological polar surface area (TPSA) is 17.1 Å². The Bertz CT molecular complexity index is 618. The van der Waals surface area contributed by atoms with Crippen LogP contribution in [0, 0.1) is 12.7 Å². The minimum absolute atomic E-state index is 0.0995. The van der Waals surface area contributed by atoms with Crippen LogP contribution in [0.5, 0.6) is 0 Å². The van der Waals surface area contributed by atoms with Crippen molar-refractivity contribution in [2.75, 3.05) is 0 Å². The molecule has 0 radical (unpaired) electrons. The van der Waals surface area contributed by atoms with Crippen LogP contribution in [0.2, 0.25) is 10.0 Å². The van der Waals surface area contributed by atoms with Gasteiger partial charge in [-0.15, -0.1) is 0 Å². The molecule has 0 fully saturated rings. The van der Waals surface area contributed by atoms with Gasteiger partial charge in [0.25, 0.3) is 0 Å². The van der Waals surface area contributed by atoms with Gasteiger partial charge in [0.05, 0.1) is 0 Å². The van der Waals surface area contributed by atoms with Gasteiger partial charge in [0.1, 0.15) is 5.82 Å². The molecule has 4 heteroatoms. The monoisotopic (exact) mass is 296 g/mol. The molecule has 0 saturated heterocycles. The molecule has 2 aromatic carbocycles. The highest BCUT2D eigenvalue weighted by molar-refractivity contribution is 6.33. The molecule has 0 bridgehead atoms. The molecular weight excluding hydrogens is 286 g/mol. The first-order valence-electron chi connectivity index (χ1n) is 5.70. The summed E-state index contributed by atoms with van der Waals surface area (Å²) in [5.74, 6) is -0.604. The summed E-state index contributed by atoms with van der Waals surface area (Å²) in [4.78, 5) is 12.1. The Morgan fingerprint density at radius 2 is 1.89 bits per heavy atom. The second-order valence-electron chi connectivity index (χ2n) is 4.35. The fraction of sp³-hybridized carbons (Fsp3) is 0.133. The van der Waals surface area contributed by atoms with Crippen LogP contribution in [-0.2, 0) is 6.42 Å². The van der Waals surface area contributed by atoms with E-state index < -0.39 is 5.82 Å². The lowest BCUT2D eigenvalue weighted by atomic mass is 10.0. The van der Waals surface area contributed by atoms with E-state index >= 15 is 0 Å². The van der Waals surface area contributed by atoms with Crippen molar-refractivity contribution < 1.29 is 9.18 Å². The van der Waals surface area contributed by atoms with Crippen LogP contribution >= 0.6 is 23.2 Å². The third-order valence-corrected chi connectivity index (χ3v) is 3.33. The lowest BCUT2D eigenvalue weighted by Crippen LogP contribution is -2.05. The summed E-state index contributed by atoms with van der Waals surface area (Å²) in [5.41, 5.74) is 1.69. The fourth-order valence-corrected chi connectivity index (χ4v) is 2.23. The second-order valence-corrected chi connectivity index (χ2v) is 5.20. The number of hydrogen-bond donors (Lipinski definition) is 0. The average molecular weight is 297 g/mol. The standard InChI is InChI=1S/C15H11Cl2FO/c1-9-4-11(7-13(18)5-9)15(19)8-10-6-12(16)2-3-14(10)17/h2-7H,8H2,1H3. The molecule has 98 valence electrons. The predicted molar refractivity (Wildman–Crippen MR) is 75.6 cm³/mol. The Hall–Kier alpha value is -1.38. The molecule has 0 saturated carbocycles. The van der Waals surface area contributed by atoms with Crippen molar-refractivity contribution in [2.45, 2.75) is 13.3 Å². The summed E-state index contributed by atoms with van der Waals surface area (Å²) in [6.45, 7) is 1.74. The van der Waals surface area contributed by atoms with Gasteiger partial charge in [-0.25, -0.2) is 4.39 Å². The lowest BCUT2D eigenvalue weighted by molar-refractivity contribution is 0.0992. The van der Waals surface area contributed by atoms with Gasteiger partial charge in [0.15, 0.2) is 5.78 Å². The minimum atomic E-state index is -0.416. The van der Waals surface area contributed by atoms with Gasteiger partial charge in [-0.05, 0) is 54.4 Å². The number of hydrogen-bond acceptors (Lipinski definition) is 1. The molecule has 0 aromatic heterocycles. The molecular formula is C15H11Cl2FO. The minimum Gasteiger partial charge on any atom is -0.294 e. The maximum absolute atomic E-state index is 13.3. The molecule has 0 unspecified atom stereocenters. The van der Waals surface area contributed by atoms with Crippen LogP contribution in [0.15, 0.2) is 36.4 Å². The van der Waals surface area contributed by atoms with Crippen molar-refractivity contribution in [3.8, 4) is 0 Å². The predicted octanol–water partition coefficient (Wildman–Crippen LogP) is 4.87. The smallest absolute Gasteiger partial charge is 0.167 e. The van der Waals surface area contributed by atoms with E-state index in [2.05, 4.69) is 0 Å². The van der Waals surface area contributed by atoms with E-state index in [1.807, 2.05) is 0 Å². The Balaban J connectivity index is 2.28. The van der Waals surface area contributed by atoms with Gasteiger partial charge >= 0.3 is 0 Å². The quantitative estimate of drug-likeness (QED) is 0.739. The van der Waals surface area contributed by atoms with Crippen LogP contribution in [0.4, 0.5) is 4.39 Å². The van der Waals surface area contributed by atoms with Crippen molar-refractivity contribution in [1.82, 2.24) is 0 Å². The van der Waals surface area contributed by atoms with Gasteiger partial charge in [0.2, 0.25) is 0 Å².